The lowest BCUT2D eigenvalue weighted by molar-refractivity contribution is -0.144. The number of hydrogen-bond acceptors (Lipinski definition) is 3. The fourth-order valence-electron chi connectivity index (χ4n) is 3.10. The van der Waals surface area contributed by atoms with Crippen LogP contribution < -0.4 is 5.32 Å². The highest BCUT2D eigenvalue weighted by molar-refractivity contribution is 5.92. The number of halogens is 3. The van der Waals surface area contributed by atoms with Crippen LogP contribution in [0.3, 0.4) is 0 Å². The van der Waals surface area contributed by atoms with Crippen LogP contribution in [0.25, 0.3) is 11.0 Å². The van der Waals surface area contributed by atoms with Crippen molar-refractivity contribution in [1.29, 1.82) is 0 Å². The molecule has 4 rings (SSSR count). The zero-order valence-corrected chi connectivity index (χ0v) is 15.2. The van der Waals surface area contributed by atoms with Crippen LogP contribution >= 0.6 is 0 Å². The van der Waals surface area contributed by atoms with Gasteiger partial charge in [-0.15, -0.1) is 0 Å². The van der Waals surface area contributed by atoms with E-state index in [0.29, 0.717) is 11.3 Å². The van der Waals surface area contributed by atoms with Gasteiger partial charge in [-0.25, -0.2) is 4.98 Å². The zero-order valence-electron chi connectivity index (χ0n) is 15.2. The summed E-state index contributed by atoms with van der Waals surface area (Å²) in [5, 5.41) is 2.89. The Morgan fingerprint density at radius 3 is 2.48 bits per heavy atom. The Bertz CT molecular complexity index is 1160. The zero-order chi connectivity index (χ0) is 20.6. The smallest absolute Gasteiger partial charge is 0.449 e. The summed E-state index contributed by atoms with van der Waals surface area (Å²) < 4.78 is 44.2. The van der Waals surface area contributed by atoms with Crippen molar-refractivity contribution >= 4 is 16.9 Å². The first-order valence-electron chi connectivity index (χ1n) is 8.80. The number of furan rings is 1. The number of alkyl halides is 3. The fraction of sp³-hybridized carbons (Fsp3) is 0.143. The molecule has 0 aliphatic rings. The second-order valence-electron chi connectivity index (χ2n) is 6.59. The molecule has 1 atom stereocenters. The number of rotatable bonds is 4. The number of carbonyl (C=O) groups excluding carboxylic acids is 1. The van der Waals surface area contributed by atoms with Gasteiger partial charge in [0.1, 0.15) is 5.76 Å². The van der Waals surface area contributed by atoms with Crippen LogP contribution in [0.1, 0.15) is 39.3 Å². The van der Waals surface area contributed by atoms with Crippen molar-refractivity contribution in [1.82, 2.24) is 15.3 Å². The minimum Gasteiger partial charge on any atom is -0.456 e. The maximum absolute atomic E-state index is 13.0. The molecule has 1 amide bonds. The molecule has 2 aromatic carbocycles. The number of nitrogens with zero attached hydrogens (tertiary/aromatic N) is 1. The highest BCUT2D eigenvalue weighted by Gasteiger charge is 2.34. The summed E-state index contributed by atoms with van der Waals surface area (Å²) in [6.45, 7) is 1.73. The van der Waals surface area contributed by atoms with E-state index in [1.54, 1.807) is 31.2 Å². The fourth-order valence-corrected chi connectivity index (χ4v) is 3.10. The number of fused-ring (bicyclic) bond motifs is 1. The summed E-state index contributed by atoms with van der Waals surface area (Å²) in [5.74, 6) is -0.723. The average Bonchev–Trinajstić information content (AvgIpc) is 3.32. The molecule has 0 bridgehead atoms. The lowest BCUT2D eigenvalue weighted by Crippen LogP contribution is -2.29. The summed E-state index contributed by atoms with van der Waals surface area (Å²) in [5.41, 5.74) is 1.82. The normalized spacial score (nSPS) is 12.8. The Balaban J connectivity index is 1.73. The summed E-state index contributed by atoms with van der Waals surface area (Å²) in [6.07, 6.45) is -4.57. The molecule has 2 N–H and O–H groups in total. The van der Waals surface area contributed by atoms with E-state index in [0.717, 1.165) is 5.56 Å². The average molecular weight is 399 g/mol. The summed E-state index contributed by atoms with van der Waals surface area (Å²) in [6, 6.07) is 16.5. The van der Waals surface area contributed by atoms with Crippen molar-refractivity contribution in [3.8, 4) is 0 Å². The Kier molecular flexibility index (Phi) is 4.62. The number of nitrogens with one attached hydrogen (secondary N) is 2. The Morgan fingerprint density at radius 2 is 1.83 bits per heavy atom. The number of carbonyl (C=O) groups is 1. The molecule has 0 spiro atoms. The summed E-state index contributed by atoms with van der Waals surface area (Å²) in [7, 11) is 0. The minimum atomic E-state index is -4.57. The van der Waals surface area contributed by atoms with Crippen LogP contribution in [0.15, 0.2) is 65.1 Å². The SMILES string of the molecule is Cc1ccc(C(=O)NC(c2ccccc2)c2ccc3nc(C(F)(F)F)[nH]c3c2)o1. The van der Waals surface area contributed by atoms with E-state index in [1.807, 2.05) is 30.3 Å². The molecule has 4 aromatic rings. The van der Waals surface area contributed by atoms with Gasteiger partial charge in [-0.05, 0) is 42.3 Å². The largest absolute Gasteiger partial charge is 0.456 e. The first kappa shape index (κ1) is 18.8. The highest BCUT2D eigenvalue weighted by Crippen LogP contribution is 2.30. The third-order valence-electron chi connectivity index (χ3n) is 4.48. The van der Waals surface area contributed by atoms with E-state index in [-0.39, 0.29) is 16.8 Å². The number of aryl methyl sites for hydroxylation is 1. The third-order valence-corrected chi connectivity index (χ3v) is 4.48. The van der Waals surface area contributed by atoms with Gasteiger partial charge in [0, 0.05) is 0 Å². The van der Waals surface area contributed by atoms with E-state index >= 15 is 0 Å². The van der Waals surface area contributed by atoms with Gasteiger partial charge in [-0.3, -0.25) is 4.79 Å². The molecular weight excluding hydrogens is 383 g/mol. The van der Waals surface area contributed by atoms with Crippen molar-refractivity contribution in [2.24, 2.45) is 0 Å². The van der Waals surface area contributed by atoms with Crippen LogP contribution in [0, 0.1) is 6.92 Å². The lowest BCUT2D eigenvalue weighted by Gasteiger charge is -2.19. The number of imidazole rings is 1. The molecule has 0 aliphatic carbocycles. The number of hydrogen-bond donors (Lipinski definition) is 2. The maximum Gasteiger partial charge on any atom is 0.449 e. The lowest BCUT2D eigenvalue weighted by atomic mass is 9.98. The van der Waals surface area contributed by atoms with Crippen molar-refractivity contribution in [3.63, 3.8) is 0 Å². The molecule has 0 radical (unpaired) electrons. The molecule has 0 aliphatic heterocycles. The second kappa shape index (κ2) is 7.12. The minimum absolute atomic E-state index is 0.158. The molecule has 8 heteroatoms. The molecule has 0 saturated carbocycles. The van der Waals surface area contributed by atoms with Crippen LogP contribution in [0.4, 0.5) is 13.2 Å². The van der Waals surface area contributed by atoms with Gasteiger partial charge in [-0.1, -0.05) is 36.4 Å². The summed E-state index contributed by atoms with van der Waals surface area (Å²) in [4.78, 5) is 18.5. The number of benzene rings is 2. The van der Waals surface area contributed by atoms with Crippen LogP contribution in [-0.2, 0) is 6.18 Å². The van der Waals surface area contributed by atoms with Crippen molar-refractivity contribution < 1.29 is 22.4 Å². The van der Waals surface area contributed by atoms with Gasteiger partial charge in [0.05, 0.1) is 17.1 Å². The molecule has 5 nitrogen and oxygen atoms in total. The molecule has 148 valence electrons. The molecule has 2 heterocycles. The Hall–Kier alpha value is -3.55. The number of amides is 1. The van der Waals surface area contributed by atoms with Gasteiger partial charge < -0.3 is 14.7 Å². The van der Waals surface area contributed by atoms with Gasteiger partial charge >= 0.3 is 6.18 Å². The maximum atomic E-state index is 13.0. The van der Waals surface area contributed by atoms with E-state index in [9.17, 15) is 18.0 Å². The predicted octanol–water partition coefficient (Wildman–Crippen LogP) is 5.00. The predicted molar refractivity (Wildman–Crippen MR) is 100 cm³/mol. The van der Waals surface area contributed by atoms with Gasteiger partial charge in [-0.2, -0.15) is 13.2 Å². The number of aromatic nitrogens is 2. The highest BCUT2D eigenvalue weighted by atomic mass is 19.4. The van der Waals surface area contributed by atoms with E-state index in [1.165, 1.54) is 6.07 Å². The van der Waals surface area contributed by atoms with E-state index < -0.39 is 23.9 Å². The second-order valence-corrected chi connectivity index (χ2v) is 6.59. The van der Waals surface area contributed by atoms with E-state index in [4.69, 9.17) is 4.42 Å². The summed E-state index contributed by atoms with van der Waals surface area (Å²) >= 11 is 0. The monoisotopic (exact) mass is 399 g/mol. The third kappa shape index (κ3) is 3.87. The van der Waals surface area contributed by atoms with Crippen LogP contribution in [-0.4, -0.2) is 15.9 Å². The number of aromatic amines is 1. The molecule has 1 unspecified atom stereocenters. The van der Waals surface area contributed by atoms with Crippen molar-refractivity contribution in [2.45, 2.75) is 19.1 Å². The molecule has 2 aromatic heterocycles. The van der Waals surface area contributed by atoms with E-state index in [2.05, 4.69) is 15.3 Å². The molecular formula is C21H16F3N3O2. The van der Waals surface area contributed by atoms with Gasteiger partial charge in [0.25, 0.3) is 5.91 Å². The first-order chi connectivity index (χ1) is 13.8. The quantitative estimate of drug-likeness (QED) is 0.507. The topological polar surface area (TPSA) is 70.9 Å². The Labute approximate surface area is 163 Å². The van der Waals surface area contributed by atoms with Gasteiger partial charge in [0.2, 0.25) is 5.82 Å². The van der Waals surface area contributed by atoms with Crippen LogP contribution in [0.2, 0.25) is 0 Å². The van der Waals surface area contributed by atoms with Crippen molar-refractivity contribution in [2.75, 3.05) is 0 Å². The van der Waals surface area contributed by atoms with Crippen LogP contribution in [0.5, 0.6) is 0 Å². The van der Waals surface area contributed by atoms with Crippen molar-refractivity contribution in [3.05, 3.63) is 89.1 Å². The Morgan fingerprint density at radius 1 is 1.07 bits per heavy atom. The molecule has 0 saturated heterocycles. The first-order valence-corrected chi connectivity index (χ1v) is 8.80. The molecule has 29 heavy (non-hydrogen) atoms. The number of H-pyrrole nitrogens is 1. The standard InChI is InChI=1S/C21H16F3N3O2/c1-12-7-10-17(29-12)19(28)27-18(13-5-3-2-4-6-13)14-8-9-15-16(11-14)26-20(25-15)21(22,23)24/h2-11,18H,1H3,(H,25,26)(H,27,28). The molecule has 0 fully saturated rings. The van der Waals surface area contributed by atoms with Gasteiger partial charge in [0.15, 0.2) is 5.76 Å².